The number of fused-ring (bicyclic) bond motifs is 1. The van der Waals surface area contributed by atoms with Crippen LogP contribution in [0.25, 0.3) is 0 Å². The Labute approximate surface area is 163 Å². The molecule has 0 aromatic heterocycles. The van der Waals surface area contributed by atoms with Crippen LogP contribution in [-0.4, -0.2) is 54.0 Å². The van der Waals surface area contributed by atoms with E-state index in [4.69, 9.17) is 15.9 Å². The molecule has 3 fully saturated rings. The number of amidine groups is 1. The number of benzene rings is 1. The lowest BCUT2D eigenvalue weighted by Gasteiger charge is -2.34. The minimum absolute atomic E-state index is 0.101. The van der Waals surface area contributed by atoms with E-state index < -0.39 is 0 Å². The third-order valence-corrected chi connectivity index (χ3v) is 6.73. The molecule has 0 spiro atoms. The van der Waals surface area contributed by atoms with Crippen molar-refractivity contribution in [3.05, 3.63) is 29.8 Å². The highest BCUT2D eigenvalue weighted by atomic mass is 16.5. The molecular weight excluding hydrogens is 336 g/mol. The smallest absolute Gasteiger partial charge is 0.119 e. The summed E-state index contributed by atoms with van der Waals surface area (Å²) >= 11 is 0. The van der Waals surface area contributed by atoms with Gasteiger partial charge >= 0.3 is 0 Å². The first-order chi connectivity index (χ1) is 13.2. The highest BCUT2D eigenvalue weighted by Crippen LogP contribution is 2.40. The van der Waals surface area contributed by atoms with Crippen molar-refractivity contribution in [2.75, 3.05) is 26.2 Å². The maximum Gasteiger partial charge on any atom is 0.119 e. The summed E-state index contributed by atoms with van der Waals surface area (Å²) in [5.41, 5.74) is 7.20. The van der Waals surface area contributed by atoms with E-state index in [1.54, 1.807) is 0 Å². The molecule has 5 heteroatoms. The van der Waals surface area contributed by atoms with E-state index in [-0.39, 0.29) is 6.04 Å². The van der Waals surface area contributed by atoms with Crippen LogP contribution in [0.3, 0.4) is 0 Å². The first-order valence-corrected chi connectivity index (χ1v) is 10.8. The first-order valence-electron chi connectivity index (χ1n) is 10.8. The molecular formula is C22H34N4O. The molecule has 0 bridgehead atoms. The van der Waals surface area contributed by atoms with Gasteiger partial charge in [0.2, 0.25) is 0 Å². The summed E-state index contributed by atoms with van der Waals surface area (Å²) < 4.78 is 5.99. The summed E-state index contributed by atoms with van der Waals surface area (Å²) in [7, 11) is 0. The normalized spacial score (nSPS) is 29.4. The second-order valence-corrected chi connectivity index (χ2v) is 8.40. The van der Waals surface area contributed by atoms with Crippen molar-refractivity contribution in [2.24, 2.45) is 5.73 Å². The molecule has 1 aromatic carbocycles. The molecule has 0 amide bonds. The average molecular weight is 371 g/mol. The Bertz CT molecular complexity index is 632. The highest BCUT2D eigenvalue weighted by Gasteiger charge is 2.35. The zero-order chi connectivity index (χ0) is 18.6. The van der Waals surface area contributed by atoms with Gasteiger partial charge in [-0.05, 0) is 69.3 Å². The molecule has 1 unspecified atom stereocenters. The molecule has 3 aliphatic heterocycles. The van der Waals surface area contributed by atoms with Crippen LogP contribution in [0.1, 0.15) is 63.0 Å². The highest BCUT2D eigenvalue weighted by molar-refractivity contribution is 5.82. The van der Waals surface area contributed by atoms with Gasteiger partial charge in [0.05, 0.1) is 6.04 Å². The number of likely N-dealkylation sites (tertiary alicyclic amines) is 1. The topological polar surface area (TPSA) is 65.6 Å². The van der Waals surface area contributed by atoms with E-state index in [1.165, 1.54) is 57.1 Å². The summed E-state index contributed by atoms with van der Waals surface area (Å²) in [5.74, 6) is 1.25. The van der Waals surface area contributed by atoms with Gasteiger partial charge in [-0.2, -0.15) is 0 Å². The van der Waals surface area contributed by atoms with Crippen LogP contribution in [-0.2, 0) is 0 Å². The molecule has 5 nitrogen and oxygen atoms in total. The van der Waals surface area contributed by atoms with Gasteiger partial charge in [0, 0.05) is 18.6 Å². The van der Waals surface area contributed by atoms with E-state index in [0.29, 0.717) is 18.5 Å². The Kier molecular flexibility index (Phi) is 5.98. The number of ether oxygens (including phenoxy) is 1. The zero-order valence-electron chi connectivity index (χ0n) is 16.4. The van der Waals surface area contributed by atoms with Gasteiger partial charge in [-0.1, -0.05) is 25.0 Å². The Morgan fingerprint density at radius 2 is 1.78 bits per heavy atom. The molecule has 0 saturated carbocycles. The van der Waals surface area contributed by atoms with Crippen molar-refractivity contribution in [1.82, 2.24) is 9.80 Å². The first kappa shape index (κ1) is 18.8. The van der Waals surface area contributed by atoms with Gasteiger partial charge in [0.15, 0.2) is 0 Å². The van der Waals surface area contributed by atoms with E-state index in [2.05, 4.69) is 34.1 Å². The standard InChI is InChI=1S/C22H34N4O/c23-22(24)21-6-2-3-13-25(21)15-16-27-19-10-7-17(8-11-19)20-12-9-18-5-1-4-14-26(18)20/h7-8,10-11,18,20-21H,1-6,9,12-16H2,(H3,23,24)/t18-,20-,21?/m1/s1. The second-order valence-electron chi connectivity index (χ2n) is 8.40. The number of nitrogens with one attached hydrogen (secondary N) is 1. The molecule has 0 radical (unpaired) electrons. The van der Waals surface area contributed by atoms with E-state index in [1.807, 2.05) is 0 Å². The second kappa shape index (κ2) is 8.61. The Morgan fingerprint density at radius 3 is 2.59 bits per heavy atom. The lowest BCUT2D eigenvalue weighted by molar-refractivity contribution is 0.149. The van der Waals surface area contributed by atoms with Gasteiger partial charge in [-0.15, -0.1) is 0 Å². The van der Waals surface area contributed by atoms with Crippen LogP contribution >= 0.6 is 0 Å². The number of hydrogen-bond acceptors (Lipinski definition) is 4. The van der Waals surface area contributed by atoms with Crippen molar-refractivity contribution in [3.8, 4) is 5.75 Å². The third kappa shape index (κ3) is 4.30. The van der Waals surface area contributed by atoms with Crippen LogP contribution in [0.15, 0.2) is 24.3 Å². The fourth-order valence-electron chi connectivity index (χ4n) is 5.30. The fraction of sp³-hybridized carbons (Fsp3) is 0.682. The molecule has 3 saturated heterocycles. The Morgan fingerprint density at radius 1 is 1.00 bits per heavy atom. The minimum Gasteiger partial charge on any atom is -0.492 e. The number of nitrogens with two attached hydrogens (primary N) is 1. The monoisotopic (exact) mass is 370 g/mol. The predicted molar refractivity (Wildman–Crippen MR) is 109 cm³/mol. The molecule has 3 aliphatic rings. The molecule has 0 aliphatic carbocycles. The summed E-state index contributed by atoms with van der Waals surface area (Å²) in [6.07, 6.45) is 10.2. The summed E-state index contributed by atoms with van der Waals surface area (Å²) in [6.45, 7) is 3.77. The Balaban J connectivity index is 1.29. The van der Waals surface area contributed by atoms with Crippen LogP contribution in [0.5, 0.6) is 5.75 Å². The average Bonchev–Trinajstić information content (AvgIpc) is 3.13. The van der Waals surface area contributed by atoms with Crippen molar-refractivity contribution < 1.29 is 4.74 Å². The molecule has 27 heavy (non-hydrogen) atoms. The molecule has 3 N–H and O–H groups in total. The zero-order valence-corrected chi connectivity index (χ0v) is 16.4. The largest absolute Gasteiger partial charge is 0.492 e. The van der Waals surface area contributed by atoms with Crippen LogP contribution in [0.4, 0.5) is 0 Å². The summed E-state index contributed by atoms with van der Waals surface area (Å²) in [4.78, 5) is 5.03. The molecule has 1 aromatic rings. The molecule has 3 atom stereocenters. The number of nitrogens with zero attached hydrogens (tertiary/aromatic N) is 2. The maximum absolute atomic E-state index is 7.78. The van der Waals surface area contributed by atoms with Gasteiger partial charge < -0.3 is 10.5 Å². The van der Waals surface area contributed by atoms with Crippen LogP contribution in [0.2, 0.25) is 0 Å². The third-order valence-electron chi connectivity index (χ3n) is 6.73. The molecule has 3 heterocycles. The quantitative estimate of drug-likeness (QED) is 0.594. The van der Waals surface area contributed by atoms with Crippen molar-refractivity contribution in [2.45, 2.75) is 69.5 Å². The van der Waals surface area contributed by atoms with E-state index in [0.717, 1.165) is 31.3 Å². The van der Waals surface area contributed by atoms with Crippen molar-refractivity contribution in [3.63, 3.8) is 0 Å². The van der Waals surface area contributed by atoms with Gasteiger partial charge in [-0.25, -0.2) is 0 Å². The number of rotatable bonds is 6. The van der Waals surface area contributed by atoms with Crippen LogP contribution in [0, 0.1) is 5.41 Å². The van der Waals surface area contributed by atoms with Gasteiger partial charge in [-0.3, -0.25) is 15.2 Å². The van der Waals surface area contributed by atoms with Crippen molar-refractivity contribution >= 4 is 5.84 Å². The fourth-order valence-corrected chi connectivity index (χ4v) is 5.30. The minimum atomic E-state index is 0.101. The van der Waals surface area contributed by atoms with E-state index >= 15 is 0 Å². The number of piperidine rings is 2. The summed E-state index contributed by atoms with van der Waals surface area (Å²) in [5, 5.41) is 7.78. The van der Waals surface area contributed by atoms with Crippen LogP contribution < -0.4 is 10.5 Å². The lowest BCUT2D eigenvalue weighted by atomic mass is 10.0. The SMILES string of the molecule is N=C(N)C1CCCCN1CCOc1ccc([C@H]2CC[C@H]3CCCCN32)cc1. The molecule has 148 valence electrons. The maximum atomic E-state index is 7.78. The molecule has 4 rings (SSSR count). The predicted octanol–water partition coefficient (Wildman–Crippen LogP) is 3.55. The van der Waals surface area contributed by atoms with Gasteiger partial charge in [0.25, 0.3) is 0 Å². The summed E-state index contributed by atoms with van der Waals surface area (Å²) in [6, 6.07) is 10.3. The van der Waals surface area contributed by atoms with E-state index in [9.17, 15) is 0 Å². The van der Waals surface area contributed by atoms with Gasteiger partial charge in [0.1, 0.15) is 18.2 Å². The van der Waals surface area contributed by atoms with Crippen molar-refractivity contribution in [1.29, 1.82) is 5.41 Å². The Hall–Kier alpha value is -1.59. The number of hydrogen-bond donors (Lipinski definition) is 2. The lowest BCUT2D eigenvalue weighted by Crippen LogP contribution is -2.48.